The maximum Gasteiger partial charge on any atom is 0.409 e. The highest BCUT2D eigenvalue weighted by Gasteiger charge is 2.51. The standard InChI is InChI=1S/C16H21F3N2O/c1-10(2)11-5-7-12(8-6-11)13(16(17,18)19)21-9-15(3,4)14(22)20-21/h5-8,10,13H,9H2,1-4H3,(H,20,22)/t13-/m0/s1. The van der Waals surface area contributed by atoms with Crippen molar-refractivity contribution in [3.63, 3.8) is 0 Å². The highest BCUT2D eigenvalue weighted by Crippen LogP contribution is 2.40. The van der Waals surface area contributed by atoms with Crippen molar-refractivity contribution in [3.05, 3.63) is 35.4 Å². The number of hydrogen-bond acceptors (Lipinski definition) is 2. The van der Waals surface area contributed by atoms with E-state index >= 15 is 0 Å². The Kier molecular flexibility index (Phi) is 4.26. The van der Waals surface area contributed by atoms with Crippen molar-refractivity contribution < 1.29 is 18.0 Å². The predicted octanol–water partition coefficient (Wildman–Crippen LogP) is 3.79. The molecule has 122 valence electrons. The van der Waals surface area contributed by atoms with Gasteiger partial charge in [-0.25, -0.2) is 5.01 Å². The maximum atomic E-state index is 13.5. The van der Waals surface area contributed by atoms with Gasteiger partial charge in [0, 0.05) is 6.54 Å². The number of benzene rings is 1. The number of rotatable bonds is 3. The highest BCUT2D eigenvalue weighted by atomic mass is 19.4. The van der Waals surface area contributed by atoms with Crippen LogP contribution in [0.2, 0.25) is 0 Å². The van der Waals surface area contributed by atoms with Gasteiger partial charge in [0.25, 0.3) is 0 Å². The predicted molar refractivity (Wildman–Crippen MR) is 78.0 cm³/mol. The molecule has 0 aromatic heterocycles. The van der Waals surface area contributed by atoms with E-state index in [0.29, 0.717) is 0 Å². The van der Waals surface area contributed by atoms with Crippen molar-refractivity contribution in [3.8, 4) is 0 Å². The molecule has 22 heavy (non-hydrogen) atoms. The first-order chi connectivity index (χ1) is 10.0. The first-order valence-corrected chi connectivity index (χ1v) is 7.26. The summed E-state index contributed by atoms with van der Waals surface area (Å²) in [6.07, 6.45) is -4.47. The van der Waals surface area contributed by atoms with Crippen LogP contribution in [0.15, 0.2) is 24.3 Å². The summed E-state index contributed by atoms with van der Waals surface area (Å²) in [6.45, 7) is 7.26. The summed E-state index contributed by atoms with van der Waals surface area (Å²) in [5, 5.41) is 0.993. The lowest BCUT2D eigenvalue weighted by Crippen LogP contribution is -2.43. The van der Waals surface area contributed by atoms with Gasteiger partial charge < -0.3 is 0 Å². The van der Waals surface area contributed by atoms with Crippen molar-refractivity contribution in [1.29, 1.82) is 0 Å². The van der Waals surface area contributed by atoms with Gasteiger partial charge in [0.15, 0.2) is 0 Å². The Morgan fingerprint density at radius 1 is 1.14 bits per heavy atom. The monoisotopic (exact) mass is 314 g/mol. The summed E-state index contributed by atoms with van der Waals surface area (Å²) < 4.78 is 40.5. The highest BCUT2D eigenvalue weighted by molar-refractivity contribution is 5.83. The van der Waals surface area contributed by atoms with Crippen LogP contribution in [0.25, 0.3) is 0 Å². The topological polar surface area (TPSA) is 32.3 Å². The average molecular weight is 314 g/mol. The van der Waals surface area contributed by atoms with Gasteiger partial charge in [-0.15, -0.1) is 0 Å². The Morgan fingerprint density at radius 2 is 1.64 bits per heavy atom. The van der Waals surface area contributed by atoms with Crippen LogP contribution in [0.5, 0.6) is 0 Å². The van der Waals surface area contributed by atoms with Crippen LogP contribution in [0.3, 0.4) is 0 Å². The van der Waals surface area contributed by atoms with Gasteiger partial charge in [0.05, 0.1) is 5.41 Å². The third-order valence-corrected chi connectivity index (χ3v) is 3.97. The molecule has 0 saturated carbocycles. The molecule has 1 aromatic carbocycles. The Bertz CT molecular complexity index is 550. The molecule has 0 aliphatic carbocycles. The van der Waals surface area contributed by atoms with Crippen molar-refractivity contribution >= 4 is 5.91 Å². The largest absolute Gasteiger partial charge is 0.409 e. The number of amides is 1. The van der Waals surface area contributed by atoms with E-state index in [-0.39, 0.29) is 23.9 Å². The van der Waals surface area contributed by atoms with Crippen molar-refractivity contribution in [2.24, 2.45) is 5.41 Å². The first kappa shape index (κ1) is 16.8. The Morgan fingerprint density at radius 3 is 2.00 bits per heavy atom. The molecule has 0 unspecified atom stereocenters. The summed E-state index contributed by atoms with van der Waals surface area (Å²) in [5.41, 5.74) is 2.65. The number of nitrogens with one attached hydrogen (secondary N) is 1. The van der Waals surface area contributed by atoms with Crippen LogP contribution < -0.4 is 5.43 Å². The third kappa shape index (κ3) is 3.27. The zero-order valence-corrected chi connectivity index (χ0v) is 13.2. The fraction of sp³-hybridized carbons (Fsp3) is 0.562. The molecular formula is C16H21F3N2O. The van der Waals surface area contributed by atoms with Crippen molar-refractivity contribution in [2.75, 3.05) is 6.54 Å². The molecule has 6 heteroatoms. The molecule has 1 atom stereocenters. The molecule has 1 aliphatic heterocycles. The molecule has 1 amide bonds. The van der Waals surface area contributed by atoms with Gasteiger partial charge in [-0.05, 0) is 30.9 Å². The first-order valence-electron chi connectivity index (χ1n) is 7.26. The zero-order chi connectivity index (χ0) is 16.7. The summed E-state index contributed by atoms with van der Waals surface area (Å²) >= 11 is 0. The van der Waals surface area contributed by atoms with E-state index in [2.05, 4.69) is 5.43 Å². The molecule has 3 nitrogen and oxygen atoms in total. The van der Waals surface area contributed by atoms with Gasteiger partial charge in [-0.1, -0.05) is 38.1 Å². The molecule has 1 aromatic rings. The average Bonchev–Trinajstić information content (AvgIpc) is 2.62. The van der Waals surface area contributed by atoms with Gasteiger partial charge in [-0.2, -0.15) is 13.2 Å². The summed E-state index contributed by atoms with van der Waals surface area (Å²) in [7, 11) is 0. The number of alkyl halides is 3. The zero-order valence-electron chi connectivity index (χ0n) is 13.2. The van der Waals surface area contributed by atoms with E-state index in [0.717, 1.165) is 10.6 Å². The smallest absolute Gasteiger partial charge is 0.287 e. The Hall–Kier alpha value is -1.56. The van der Waals surface area contributed by atoms with Crippen LogP contribution >= 0.6 is 0 Å². The minimum absolute atomic E-state index is 0.0158. The second kappa shape index (κ2) is 5.57. The molecule has 1 saturated heterocycles. The van der Waals surface area contributed by atoms with Gasteiger partial charge in [-0.3, -0.25) is 10.2 Å². The number of carbonyl (C=O) groups is 1. The number of carbonyl (C=O) groups excluding carboxylic acids is 1. The van der Waals surface area contributed by atoms with E-state index in [9.17, 15) is 18.0 Å². The summed E-state index contributed by atoms with van der Waals surface area (Å²) in [6, 6.07) is 4.57. The van der Waals surface area contributed by atoms with Crippen LogP contribution in [0.4, 0.5) is 13.2 Å². The summed E-state index contributed by atoms with van der Waals surface area (Å²) in [4.78, 5) is 11.8. The number of hydrogen-bond donors (Lipinski definition) is 1. The quantitative estimate of drug-likeness (QED) is 0.920. The molecule has 0 radical (unpaired) electrons. The number of halogens is 3. The lowest BCUT2D eigenvalue weighted by molar-refractivity contribution is -0.191. The molecule has 2 rings (SSSR count). The van der Waals surface area contributed by atoms with Crippen LogP contribution in [-0.2, 0) is 4.79 Å². The second-order valence-corrected chi connectivity index (χ2v) is 6.72. The minimum Gasteiger partial charge on any atom is -0.287 e. The van der Waals surface area contributed by atoms with E-state index in [1.165, 1.54) is 12.1 Å². The van der Waals surface area contributed by atoms with E-state index < -0.39 is 17.6 Å². The SMILES string of the molecule is CC(C)c1ccc([C@H](N2CC(C)(C)C(=O)N2)C(F)(F)F)cc1. The summed E-state index contributed by atoms with van der Waals surface area (Å²) in [5.74, 6) is -0.135. The Balaban J connectivity index is 2.34. The normalized spacial score (nSPS) is 20.3. The van der Waals surface area contributed by atoms with Crippen molar-refractivity contribution in [1.82, 2.24) is 10.4 Å². The third-order valence-electron chi connectivity index (χ3n) is 3.97. The second-order valence-electron chi connectivity index (χ2n) is 6.72. The molecule has 1 aliphatic rings. The van der Waals surface area contributed by atoms with Gasteiger partial charge >= 0.3 is 6.18 Å². The fourth-order valence-electron chi connectivity index (χ4n) is 2.58. The van der Waals surface area contributed by atoms with Crippen LogP contribution in [0, 0.1) is 5.41 Å². The molecule has 1 N–H and O–H groups in total. The van der Waals surface area contributed by atoms with Crippen molar-refractivity contribution in [2.45, 2.75) is 45.8 Å². The molecule has 1 fully saturated rings. The minimum atomic E-state index is -4.47. The van der Waals surface area contributed by atoms with Gasteiger partial charge in [0.2, 0.25) is 5.91 Å². The maximum absolute atomic E-state index is 13.5. The lowest BCUT2D eigenvalue weighted by atomic mass is 9.93. The van der Waals surface area contributed by atoms with Crippen LogP contribution in [0.1, 0.15) is 50.8 Å². The lowest BCUT2D eigenvalue weighted by Gasteiger charge is -2.30. The molecule has 1 heterocycles. The van der Waals surface area contributed by atoms with E-state index in [1.807, 2.05) is 13.8 Å². The fourth-order valence-corrected chi connectivity index (χ4v) is 2.58. The van der Waals surface area contributed by atoms with E-state index in [1.54, 1.807) is 26.0 Å². The molecule has 0 bridgehead atoms. The van der Waals surface area contributed by atoms with Crippen LogP contribution in [-0.4, -0.2) is 23.6 Å². The van der Waals surface area contributed by atoms with Gasteiger partial charge in [0.1, 0.15) is 6.04 Å². The Labute approximate surface area is 128 Å². The molecule has 0 spiro atoms. The van der Waals surface area contributed by atoms with E-state index in [4.69, 9.17) is 0 Å². The number of nitrogens with zero attached hydrogens (tertiary/aromatic N) is 1. The number of hydrazine groups is 1. The molecular weight excluding hydrogens is 293 g/mol.